The molecule has 0 aliphatic rings. The number of carbonyl (C=O) groups excluding carboxylic acids is 1. The van der Waals surface area contributed by atoms with Gasteiger partial charge in [-0.25, -0.2) is 9.97 Å². The zero-order chi connectivity index (χ0) is 10.6. The Hall–Kier alpha value is -1.71. The monoisotopic (exact) mass is 191 g/mol. The van der Waals surface area contributed by atoms with Crippen LogP contribution in [0.5, 0.6) is 0 Å². The highest BCUT2D eigenvalue weighted by Crippen LogP contribution is 2.12. The van der Waals surface area contributed by atoms with E-state index in [9.17, 15) is 4.79 Å². The molecule has 0 fully saturated rings. The van der Waals surface area contributed by atoms with Crippen LogP contribution in [0.2, 0.25) is 0 Å². The molecule has 0 amide bonds. The average Bonchev–Trinajstić information content (AvgIpc) is 2.20. The van der Waals surface area contributed by atoms with Gasteiger partial charge in [-0.15, -0.1) is 0 Å². The number of nitrogens with two attached hydrogens (primary N) is 1. The molecule has 0 unspecified atom stereocenters. The Kier molecular flexibility index (Phi) is 3.34. The van der Waals surface area contributed by atoms with Crippen molar-refractivity contribution in [1.82, 2.24) is 9.97 Å². The molecule has 1 heterocycles. The van der Waals surface area contributed by atoms with Crippen LogP contribution in [-0.4, -0.2) is 16.3 Å². The predicted octanol–water partition coefficient (Wildman–Crippen LogP) is 1.10. The summed E-state index contributed by atoms with van der Waals surface area (Å²) in [5, 5.41) is 0. The molecule has 4 heteroatoms. The minimum Gasteiger partial charge on any atom is -0.404 e. The van der Waals surface area contributed by atoms with Crippen LogP contribution in [0, 0.1) is 0 Å². The molecule has 0 aliphatic heterocycles. The van der Waals surface area contributed by atoms with Crippen LogP contribution in [0.15, 0.2) is 18.5 Å². The lowest BCUT2D eigenvalue weighted by molar-refractivity contribution is -0.103. The summed E-state index contributed by atoms with van der Waals surface area (Å²) in [5.41, 5.74) is 6.48. The molecule has 0 spiro atoms. The fourth-order valence-corrected chi connectivity index (χ4v) is 1.000. The number of nitrogens with zero attached hydrogens (tertiary/aromatic N) is 2. The van der Waals surface area contributed by atoms with Crippen LogP contribution < -0.4 is 5.73 Å². The fourth-order valence-electron chi connectivity index (χ4n) is 1.000. The summed E-state index contributed by atoms with van der Waals surface area (Å²) >= 11 is 0. The van der Waals surface area contributed by atoms with E-state index in [4.69, 9.17) is 5.73 Å². The van der Waals surface area contributed by atoms with Gasteiger partial charge in [0, 0.05) is 18.1 Å². The molecule has 0 saturated heterocycles. The molecule has 74 valence electrons. The molecule has 0 aliphatic carbocycles. The summed E-state index contributed by atoms with van der Waals surface area (Å²) < 4.78 is 0. The zero-order valence-electron chi connectivity index (χ0n) is 8.27. The van der Waals surface area contributed by atoms with E-state index in [1.54, 1.807) is 6.20 Å². The highest BCUT2D eigenvalue weighted by molar-refractivity contribution is 6.04. The van der Waals surface area contributed by atoms with E-state index in [1.165, 1.54) is 6.20 Å². The van der Waals surface area contributed by atoms with Crippen LogP contribution in [0.4, 0.5) is 0 Å². The van der Waals surface area contributed by atoms with Crippen molar-refractivity contribution in [1.29, 1.82) is 0 Å². The molecule has 1 aromatic heterocycles. The van der Waals surface area contributed by atoms with Crippen molar-refractivity contribution >= 4 is 11.9 Å². The van der Waals surface area contributed by atoms with E-state index in [2.05, 4.69) is 9.97 Å². The maximum atomic E-state index is 10.6. The SMILES string of the molecule is CC(C)c1ccnc(/C(C=O)=C\N)n1. The second-order valence-corrected chi connectivity index (χ2v) is 3.20. The number of carbonyl (C=O) groups is 1. The third-order valence-electron chi connectivity index (χ3n) is 1.83. The standard InChI is InChI=1S/C10H13N3O/c1-7(2)9-3-4-12-10(13-9)8(5-11)6-14/h3-7H,11H2,1-2H3/b8-5-. The van der Waals surface area contributed by atoms with Crippen molar-refractivity contribution in [3.05, 3.63) is 30.0 Å². The van der Waals surface area contributed by atoms with E-state index in [0.717, 1.165) is 5.69 Å². The van der Waals surface area contributed by atoms with Crippen LogP contribution in [0.1, 0.15) is 31.3 Å². The van der Waals surface area contributed by atoms with Gasteiger partial charge in [-0.1, -0.05) is 13.8 Å². The smallest absolute Gasteiger partial charge is 0.164 e. The largest absolute Gasteiger partial charge is 0.404 e. The van der Waals surface area contributed by atoms with Crippen LogP contribution in [0.25, 0.3) is 5.57 Å². The number of hydrogen-bond acceptors (Lipinski definition) is 4. The van der Waals surface area contributed by atoms with E-state index >= 15 is 0 Å². The Morgan fingerprint density at radius 1 is 1.57 bits per heavy atom. The molecule has 0 aromatic carbocycles. The second kappa shape index (κ2) is 4.50. The van der Waals surface area contributed by atoms with Crippen LogP contribution in [0.3, 0.4) is 0 Å². The summed E-state index contributed by atoms with van der Waals surface area (Å²) in [6, 6.07) is 1.83. The van der Waals surface area contributed by atoms with Gasteiger partial charge in [-0.2, -0.15) is 0 Å². The molecule has 0 atom stereocenters. The lowest BCUT2D eigenvalue weighted by Gasteiger charge is -2.05. The van der Waals surface area contributed by atoms with E-state index in [1.807, 2.05) is 19.9 Å². The number of aldehydes is 1. The molecule has 0 bridgehead atoms. The van der Waals surface area contributed by atoms with Gasteiger partial charge in [0.2, 0.25) is 0 Å². The summed E-state index contributed by atoms with van der Waals surface area (Å²) in [6.07, 6.45) is 3.50. The molecule has 0 saturated carbocycles. The highest BCUT2D eigenvalue weighted by atomic mass is 16.1. The van der Waals surface area contributed by atoms with Gasteiger partial charge >= 0.3 is 0 Å². The summed E-state index contributed by atoms with van der Waals surface area (Å²) in [4.78, 5) is 18.8. The first-order chi connectivity index (χ1) is 6.69. The zero-order valence-corrected chi connectivity index (χ0v) is 8.27. The Morgan fingerprint density at radius 3 is 2.79 bits per heavy atom. The minimum atomic E-state index is 0.308. The third kappa shape index (κ3) is 2.16. The van der Waals surface area contributed by atoms with Crippen molar-refractivity contribution < 1.29 is 4.79 Å². The predicted molar refractivity (Wildman–Crippen MR) is 54.3 cm³/mol. The van der Waals surface area contributed by atoms with Gasteiger partial charge in [-0.3, -0.25) is 4.79 Å². The number of allylic oxidation sites excluding steroid dienone is 1. The Morgan fingerprint density at radius 2 is 2.29 bits per heavy atom. The molecule has 2 N–H and O–H groups in total. The topological polar surface area (TPSA) is 68.9 Å². The molecule has 1 rings (SSSR count). The molecule has 4 nitrogen and oxygen atoms in total. The number of rotatable bonds is 3. The van der Waals surface area contributed by atoms with Gasteiger partial charge in [0.1, 0.15) is 0 Å². The van der Waals surface area contributed by atoms with E-state index in [0.29, 0.717) is 23.6 Å². The van der Waals surface area contributed by atoms with E-state index in [-0.39, 0.29) is 0 Å². The Balaban J connectivity index is 3.11. The number of aromatic nitrogens is 2. The Labute approximate surface area is 82.9 Å². The average molecular weight is 191 g/mol. The van der Waals surface area contributed by atoms with Gasteiger partial charge in [0.25, 0.3) is 0 Å². The first-order valence-electron chi connectivity index (χ1n) is 4.39. The third-order valence-corrected chi connectivity index (χ3v) is 1.83. The lowest BCUT2D eigenvalue weighted by Crippen LogP contribution is -2.01. The summed E-state index contributed by atoms with van der Waals surface area (Å²) in [6.45, 7) is 4.05. The fraction of sp³-hybridized carbons (Fsp3) is 0.300. The quantitative estimate of drug-likeness (QED) is 0.573. The number of hydrogen-bond donors (Lipinski definition) is 1. The highest BCUT2D eigenvalue weighted by Gasteiger charge is 2.06. The maximum Gasteiger partial charge on any atom is 0.164 e. The van der Waals surface area contributed by atoms with Crippen LogP contribution in [-0.2, 0) is 4.79 Å². The van der Waals surface area contributed by atoms with Gasteiger partial charge < -0.3 is 5.73 Å². The van der Waals surface area contributed by atoms with E-state index < -0.39 is 0 Å². The van der Waals surface area contributed by atoms with Crippen molar-refractivity contribution in [2.45, 2.75) is 19.8 Å². The van der Waals surface area contributed by atoms with Crippen molar-refractivity contribution in [2.75, 3.05) is 0 Å². The summed E-state index contributed by atoms with van der Waals surface area (Å²) in [7, 11) is 0. The lowest BCUT2D eigenvalue weighted by atomic mass is 10.1. The molecule has 14 heavy (non-hydrogen) atoms. The Bertz CT molecular complexity index is 358. The van der Waals surface area contributed by atoms with Crippen molar-refractivity contribution in [3.8, 4) is 0 Å². The maximum absolute atomic E-state index is 10.6. The molecular formula is C10H13N3O. The van der Waals surface area contributed by atoms with Gasteiger partial charge in [0.15, 0.2) is 12.1 Å². The molecule has 0 radical (unpaired) electrons. The normalized spacial score (nSPS) is 11.8. The van der Waals surface area contributed by atoms with Gasteiger partial charge in [0.05, 0.1) is 5.57 Å². The van der Waals surface area contributed by atoms with Crippen LogP contribution >= 0.6 is 0 Å². The molecular weight excluding hydrogens is 178 g/mol. The minimum absolute atomic E-state index is 0.308. The first-order valence-corrected chi connectivity index (χ1v) is 4.39. The first kappa shape index (κ1) is 10.4. The van der Waals surface area contributed by atoms with Crippen molar-refractivity contribution in [3.63, 3.8) is 0 Å². The summed E-state index contributed by atoms with van der Waals surface area (Å²) in [5.74, 6) is 0.691. The second-order valence-electron chi connectivity index (χ2n) is 3.20. The molecule has 1 aromatic rings. The van der Waals surface area contributed by atoms with Gasteiger partial charge in [-0.05, 0) is 12.0 Å². The van der Waals surface area contributed by atoms with Crippen molar-refractivity contribution in [2.24, 2.45) is 5.73 Å².